The van der Waals surface area contributed by atoms with Crippen molar-refractivity contribution in [3.8, 4) is 5.75 Å². The van der Waals surface area contributed by atoms with Crippen LogP contribution in [0.1, 0.15) is 26.3 Å². The lowest BCUT2D eigenvalue weighted by atomic mass is 10.0. The Labute approximate surface area is 167 Å². The van der Waals surface area contributed by atoms with E-state index in [2.05, 4.69) is 10.6 Å². The summed E-state index contributed by atoms with van der Waals surface area (Å²) in [5, 5.41) is 14.7. The van der Waals surface area contributed by atoms with Crippen molar-refractivity contribution in [1.29, 1.82) is 0 Å². The molecule has 0 saturated carbocycles. The van der Waals surface area contributed by atoms with Crippen LogP contribution >= 0.6 is 21.6 Å². The number of amides is 2. The number of carbonyl (C=O) groups excluding carboxylic acids is 3. The highest BCUT2D eigenvalue weighted by atomic mass is 33.1. The molecule has 1 aromatic rings. The molecule has 0 radical (unpaired) electrons. The smallest absolute Gasteiger partial charge is 0.329 e. The van der Waals surface area contributed by atoms with Gasteiger partial charge in [-0.3, -0.25) is 9.59 Å². The predicted octanol–water partition coefficient (Wildman–Crippen LogP) is 1.89. The van der Waals surface area contributed by atoms with Crippen molar-refractivity contribution in [3.05, 3.63) is 29.8 Å². The molecule has 0 saturated heterocycles. The molecular formula is C18H26N2O5S2. The second kappa shape index (κ2) is 11.1. The Kier molecular flexibility index (Phi) is 9.51. The topological polar surface area (TPSA) is 105 Å². The van der Waals surface area contributed by atoms with Crippen LogP contribution in [0.15, 0.2) is 24.3 Å². The highest BCUT2D eigenvalue weighted by Gasteiger charge is 2.38. The molecule has 0 aliphatic heterocycles. The number of esters is 1. The Morgan fingerprint density at radius 2 is 1.85 bits per heavy atom. The maximum absolute atomic E-state index is 12.0. The van der Waals surface area contributed by atoms with Crippen LogP contribution in [-0.4, -0.2) is 53.1 Å². The fraction of sp³-hybridized carbons (Fsp3) is 0.500. The molecule has 2 amide bonds. The Bertz CT molecular complexity index is 650. The normalized spacial score (nSPS) is 12.1. The van der Waals surface area contributed by atoms with Crippen molar-refractivity contribution in [1.82, 2.24) is 10.6 Å². The first-order valence-electron chi connectivity index (χ1n) is 8.36. The third-order valence-corrected chi connectivity index (χ3v) is 6.77. The molecule has 1 atom stereocenters. The van der Waals surface area contributed by atoms with Gasteiger partial charge in [-0.2, -0.15) is 0 Å². The van der Waals surface area contributed by atoms with Gasteiger partial charge in [-0.1, -0.05) is 33.7 Å². The standard InChI is InChI=1S/C18H26N2O5S2/c1-12(21)20-16(17(24)25-4)18(2,3)27-26-11-15(23)19-10-9-13-5-7-14(22)8-6-13/h5-8,16,22H,9-11H2,1-4H3,(H,19,23)(H,20,21). The number of methoxy groups -OCH3 is 1. The number of hydrogen-bond donors (Lipinski definition) is 3. The van der Waals surface area contributed by atoms with E-state index in [1.54, 1.807) is 12.1 Å². The van der Waals surface area contributed by atoms with Crippen molar-refractivity contribution in [2.45, 2.75) is 38.0 Å². The molecule has 0 heterocycles. The van der Waals surface area contributed by atoms with Gasteiger partial charge in [0.05, 0.1) is 17.6 Å². The number of nitrogens with one attached hydrogen (secondary N) is 2. The van der Waals surface area contributed by atoms with Crippen LogP contribution in [0.4, 0.5) is 0 Å². The minimum absolute atomic E-state index is 0.115. The molecule has 0 aliphatic rings. The molecule has 7 nitrogen and oxygen atoms in total. The zero-order valence-electron chi connectivity index (χ0n) is 15.9. The van der Waals surface area contributed by atoms with Crippen LogP contribution in [0.2, 0.25) is 0 Å². The number of ether oxygens (including phenoxy) is 1. The average Bonchev–Trinajstić information content (AvgIpc) is 2.60. The van der Waals surface area contributed by atoms with Gasteiger partial charge >= 0.3 is 5.97 Å². The van der Waals surface area contributed by atoms with Crippen LogP contribution in [-0.2, 0) is 25.5 Å². The van der Waals surface area contributed by atoms with Gasteiger partial charge in [0.25, 0.3) is 0 Å². The van der Waals surface area contributed by atoms with Gasteiger partial charge in [0.15, 0.2) is 0 Å². The predicted molar refractivity (Wildman–Crippen MR) is 109 cm³/mol. The maximum Gasteiger partial charge on any atom is 0.329 e. The van der Waals surface area contributed by atoms with Crippen molar-refractivity contribution in [2.75, 3.05) is 19.4 Å². The highest BCUT2D eigenvalue weighted by molar-refractivity contribution is 8.77. The van der Waals surface area contributed by atoms with Gasteiger partial charge < -0.3 is 20.5 Å². The molecule has 0 fully saturated rings. The third kappa shape index (κ3) is 8.57. The van der Waals surface area contributed by atoms with E-state index in [-0.39, 0.29) is 23.3 Å². The molecule has 1 rings (SSSR count). The summed E-state index contributed by atoms with van der Waals surface area (Å²) in [5.41, 5.74) is 1.02. The van der Waals surface area contributed by atoms with E-state index in [1.165, 1.54) is 35.6 Å². The minimum atomic E-state index is -0.810. The highest BCUT2D eigenvalue weighted by Crippen LogP contribution is 2.38. The summed E-state index contributed by atoms with van der Waals surface area (Å²) in [6.45, 7) is 5.45. The number of rotatable bonds is 10. The molecule has 1 unspecified atom stereocenters. The number of aromatic hydroxyl groups is 1. The quantitative estimate of drug-likeness (QED) is 0.397. The average molecular weight is 415 g/mol. The Morgan fingerprint density at radius 1 is 1.22 bits per heavy atom. The molecule has 150 valence electrons. The van der Waals surface area contributed by atoms with Gasteiger partial charge in [0.2, 0.25) is 11.8 Å². The Balaban J connectivity index is 2.40. The molecule has 0 spiro atoms. The van der Waals surface area contributed by atoms with Gasteiger partial charge in [0, 0.05) is 13.5 Å². The summed E-state index contributed by atoms with van der Waals surface area (Å²) >= 11 is 0. The summed E-state index contributed by atoms with van der Waals surface area (Å²) in [7, 11) is 3.93. The molecule has 3 N–H and O–H groups in total. The lowest BCUT2D eigenvalue weighted by Gasteiger charge is -2.31. The van der Waals surface area contributed by atoms with E-state index in [0.717, 1.165) is 5.56 Å². The number of phenolic OH excluding ortho intramolecular Hbond substituents is 1. The molecule has 1 aromatic carbocycles. The van der Waals surface area contributed by atoms with Gasteiger partial charge in [-0.25, -0.2) is 4.79 Å². The SMILES string of the molecule is COC(=O)C(NC(C)=O)C(C)(C)SSCC(=O)NCCc1ccc(O)cc1. The van der Waals surface area contributed by atoms with E-state index < -0.39 is 16.8 Å². The van der Waals surface area contributed by atoms with Crippen LogP contribution in [0.5, 0.6) is 5.75 Å². The lowest BCUT2D eigenvalue weighted by molar-refractivity contribution is -0.145. The second-order valence-corrected chi connectivity index (χ2v) is 9.32. The van der Waals surface area contributed by atoms with Gasteiger partial charge in [0.1, 0.15) is 11.8 Å². The first kappa shape index (κ1) is 23.2. The first-order chi connectivity index (χ1) is 12.7. The lowest BCUT2D eigenvalue weighted by Crippen LogP contribution is -2.52. The van der Waals surface area contributed by atoms with Gasteiger partial charge in [-0.15, -0.1) is 0 Å². The zero-order chi connectivity index (χ0) is 20.4. The van der Waals surface area contributed by atoms with E-state index >= 15 is 0 Å². The monoisotopic (exact) mass is 414 g/mol. The summed E-state index contributed by atoms with van der Waals surface area (Å²) in [4.78, 5) is 35.2. The van der Waals surface area contributed by atoms with Gasteiger partial charge in [-0.05, 0) is 38.0 Å². The minimum Gasteiger partial charge on any atom is -0.508 e. The van der Waals surface area contributed by atoms with E-state index in [0.29, 0.717) is 13.0 Å². The summed E-state index contributed by atoms with van der Waals surface area (Å²) in [5.74, 6) is -0.533. The molecule has 9 heteroatoms. The van der Waals surface area contributed by atoms with Crippen molar-refractivity contribution < 1.29 is 24.2 Å². The van der Waals surface area contributed by atoms with Crippen LogP contribution in [0, 0.1) is 0 Å². The first-order valence-corrected chi connectivity index (χ1v) is 10.7. The molecule has 0 aromatic heterocycles. The fourth-order valence-corrected chi connectivity index (χ4v) is 4.70. The number of hydrogen-bond acceptors (Lipinski definition) is 7. The van der Waals surface area contributed by atoms with Crippen molar-refractivity contribution >= 4 is 39.4 Å². The maximum atomic E-state index is 12.0. The Morgan fingerprint density at radius 3 is 2.41 bits per heavy atom. The Hall–Kier alpha value is -1.87. The molecular weight excluding hydrogens is 388 g/mol. The summed E-state index contributed by atoms with van der Waals surface area (Å²) in [6, 6.07) is 6.03. The molecule has 0 bridgehead atoms. The summed E-state index contributed by atoms with van der Waals surface area (Å²) in [6.07, 6.45) is 0.669. The number of carbonyl (C=O) groups is 3. The third-order valence-electron chi connectivity index (χ3n) is 3.62. The van der Waals surface area contributed by atoms with Crippen LogP contribution in [0.25, 0.3) is 0 Å². The fourth-order valence-electron chi connectivity index (χ4n) is 2.18. The second-order valence-electron chi connectivity index (χ2n) is 6.37. The summed E-state index contributed by atoms with van der Waals surface area (Å²) < 4.78 is 4.10. The zero-order valence-corrected chi connectivity index (χ0v) is 17.5. The van der Waals surface area contributed by atoms with E-state index in [1.807, 2.05) is 26.0 Å². The van der Waals surface area contributed by atoms with Crippen molar-refractivity contribution in [3.63, 3.8) is 0 Å². The largest absolute Gasteiger partial charge is 0.508 e. The van der Waals surface area contributed by atoms with Crippen LogP contribution in [0.3, 0.4) is 0 Å². The number of phenols is 1. The van der Waals surface area contributed by atoms with Crippen molar-refractivity contribution in [2.24, 2.45) is 0 Å². The molecule has 0 aliphatic carbocycles. The van der Waals surface area contributed by atoms with Crippen LogP contribution < -0.4 is 10.6 Å². The van der Waals surface area contributed by atoms with E-state index in [9.17, 15) is 19.5 Å². The number of benzene rings is 1. The van der Waals surface area contributed by atoms with E-state index in [4.69, 9.17) is 4.74 Å². The molecule has 27 heavy (non-hydrogen) atoms.